The first-order valence-corrected chi connectivity index (χ1v) is 2.77. The Kier molecular flexibility index (Phi) is 4.61. The Morgan fingerprint density at radius 3 is 2.88 bits per heavy atom. The Labute approximate surface area is 50.2 Å². The van der Waals surface area contributed by atoms with Crippen LogP contribution >= 0.6 is 0 Å². The molecule has 0 rings (SSSR count). The molecule has 0 aliphatic heterocycles. The molecule has 1 atom stereocenters. The lowest BCUT2D eigenvalue weighted by Crippen LogP contribution is -2.23. The van der Waals surface area contributed by atoms with E-state index in [1.54, 1.807) is 13.1 Å². The minimum atomic E-state index is -0.368. The summed E-state index contributed by atoms with van der Waals surface area (Å²) in [4.78, 5) is 0. The summed E-state index contributed by atoms with van der Waals surface area (Å²) in [6, 6.07) is 0. The zero-order valence-electron chi connectivity index (χ0n) is 5.22. The van der Waals surface area contributed by atoms with Gasteiger partial charge in [0.15, 0.2) is 0 Å². The van der Waals surface area contributed by atoms with Crippen LogP contribution < -0.4 is 5.32 Å². The molecule has 0 amide bonds. The van der Waals surface area contributed by atoms with Gasteiger partial charge < -0.3 is 5.11 Å². The van der Waals surface area contributed by atoms with Crippen molar-refractivity contribution in [1.29, 1.82) is 0 Å². The fourth-order valence-electron chi connectivity index (χ4n) is 0.420. The minimum absolute atomic E-state index is 0.368. The van der Waals surface area contributed by atoms with Crippen LogP contribution in [0.15, 0.2) is 12.7 Å². The second-order valence-corrected chi connectivity index (χ2v) is 1.67. The van der Waals surface area contributed by atoms with Crippen molar-refractivity contribution in [2.45, 2.75) is 19.1 Å². The van der Waals surface area contributed by atoms with E-state index in [4.69, 9.17) is 5.11 Å². The molecular formula is C6H13NO. The Morgan fingerprint density at radius 1 is 1.88 bits per heavy atom. The lowest BCUT2D eigenvalue weighted by molar-refractivity contribution is 0.138. The monoisotopic (exact) mass is 115 g/mol. The molecule has 0 aromatic heterocycles. The molecule has 2 nitrogen and oxygen atoms in total. The highest BCUT2D eigenvalue weighted by atomic mass is 16.3. The first-order chi connectivity index (χ1) is 3.81. The summed E-state index contributed by atoms with van der Waals surface area (Å²) in [6.45, 7) is 3.53. The van der Waals surface area contributed by atoms with Gasteiger partial charge in [-0.1, -0.05) is 6.08 Å². The zero-order valence-corrected chi connectivity index (χ0v) is 5.22. The van der Waals surface area contributed by atoms with Gasteiger partial charge in [-0.15, -0.1) is 6.58 Å². The van der Waals surface area contributed by atoms with Gasteiger partial charge in [-0.3, -0.25) is 5.32 Å². The fraction of sp³-hybridized carbons (Fsp3) is 0.667. The number of aliphatic hydroxyl groups excluding tert-OH is 1. The molecule has 0 radical (unpaired) electrons. The summed E-state index contributed by atoms with van der Waals surface area (Å²) in [6.07, 6.45) is 3.04. The molecule has 0 aromatic carbocycles. The van der Waals surface area contributed by atoms with Gasteiger partial charge in [0.2, 0.25) is 0 Å². The average Bonchev–Trinajstić information content (AvgIpc) is 1.83. The molecule has 0 bridgehead atoms. The molecule has 48 valence electrons. The van der Waals surface area contributed by atoms with Gasteiger partial charge in [0.05, 0.1) is 0 Å². The summed E-state index contributed by atoms with van der Waals surface area (Å²) in [7, 11) is 1.73. The highest BCUT2D eigenvalue weighted by Crippen LogP contribution is 1.91. The van der Waals surface area contributed by atoms with Crippen molar-refractivity contribution in [2.75, 3.05) is 7.05 Å². The number of hydrogen-bond donors (Lipinski definition) is 2. The molecule has 0 saturated heterocycles. The van der Waals surface area contributed by atoms with Crippen LogP contribution in [0.25, 0.3) is 0 Å². The van der Waals surface area contributed by atoms with E-state index in [2.05, 4.69) is 11.9 Å². The normalized spacial score (nSPS) is 13.2. The summed E-state index contributed by atoms with van der Waals surface area (Å²) in [5, 5.41) is 11.5. The van der Waals surface area contributed by atoms with E-state index in [0.717, 1.165) is 12.8 Å². The van der Waals surface area contributed by atoms with Crippen LogP contribution in [0.3, 0.4) is 0 Å². The molecule has 1 unspecified atom stereocenters. The van der Waals surface area contributed by atoms with Gasteiger partial charge in [-0.05, 0) is 19.9 Å². The van der Waals surface area contributed by atoms with E-state index in [0.29, 0.717) is 0 Å². The van der Waals surface area contributed by atoms with Crippen molar-refractivity contribution in [3.05, 3.63) is 12.7 Å². The molecule has 0 fully saturated rings. The topological polar surface area (TPSA) is 32.3 Å². The van der Waals surface area contributed by atoms with E-state index < -0.39 is 0 Å². The van der Waals surface area contributed by atoms with E-state index in [-0.39, 0.29) is 6.23 Å². The predicted molar refractivity (Wildman–Crippen MR) is 34.5 cm³/mol. The maximum Gasteiger partial charge on any atom is 0.104 e. The SMILES string of the molecule is C=CCCC(O)NC. The molecule has 0 spiro atoms. The Balaban J connectivity index is 2.97. The largest absolute Gasteiger partial charge is 0.379 e. The predicted octanol–water partition coefficient (Wildman–Crippen LogP) is 0.490. The summed E-state index contributed by atoms with van der Waals surface area (Å²) >= 11 is 0. The lowest BCUT2D eigenvalue weighted by Gasteiger charge is -2.04. The van der Waals surface area contributed by atoms with Gasteiger partial charge in [-0.25, -0.2) is 0 Å². The van der Waals surface area contributed by atoms with Crippen molar-refractivity contribution < 1.29 is 5.11 Å². The second-order valence-electron chi connectivity index (χ2n) is 1.67. The number of nitrogens with one attached hydrogen (secondary N) is 1. The molecule has 0 heterocycles. The van der Waals surface area contributed by atoms with Crippen LogP contribution in [0, 0.1) is 0 Å². The summed E-state index contributed by atoms with van der Waals surface area (Å²) in [5.41, 5.74) is 0. The zero-order chi connectivity index (χ0) is 6.41. The van der Waals surface area contributed by atoms with Gasteiger partial charge in [0, 0.05) is 0 Å². The third-order valence-corrected chi connectivity index (χ3v) is 0.977. The Morgan fingerprint density at radius 2 is 2.50 bits per heavy atom. The number of rotatable bonds is 4. The molecule has 0 aliphatic carbocycles. The van der Waals surface area contributed by atoms with Gasteiger partial charge in [0.25, 0.3) is 0 Å². The fourth-order valence-corrected chi connectivity index (χ4v) is 0.420. The number of hydrogen-bond acceptors (Lipinski definition) is 2. The first-order valence-electron chi connectivity index (χ1n) is 2.77. The highest BCUT2D eigenvalue weighted by molar-refractivity contribution is 4.67. The second kappa shape index (κ2) is 4.81. The first kappa shape index (κ1) is 7.66. The average molecular weight is 115 g/mol. The standard InChI is InChI=1S/C6H13NO/c1-3-4-5-6(8)7-2/h3,6-8H,1,4-5H2,2H3. The number of allylic oxidation sites excluding steroid dienone is 1. The summed E-state index contributed by atoms with van der Waals surface area (Å²) in [5.74, 6) is 0. The van der Waals surface area contributed by atoms with Crippen LogP contribution in [-0.4, -0.2) is 18.4 Å². The van der Waals surface area contributed by atoms with Crippen molar-refractivity contribution in [2.24, 2.45) is 0 Å². The van der Waals surface area contributed by atoms with Crippen LogP contribution in [0.2, 0.25) is 0 Å². The molecule has 8 heavy (non-hydrogen) atoms. The van der Waals surface area contributed by atoms with Gasteiger partial charge in [-0.2, -0.15) is 0 Å². The lowest BCUT2D eigenvalue weighted by atomic mass is 10.3. The van der Waals surface area contributed by atoms with E-state index in [1.165, 1.54) is 0 Å². The van der Waals surface area contributed by atoms with Crippen molar-refractivity contribution in [3.63, 3.8) is 0 Å². The summed E-state index contributed by atoms with van der Waals surface area (Å²) < 4.78 is 0. The maximum atomic E-state index is 8.83. The molecule has 0 aromatic rings. The van der Waals surface area contributed by atoms with Crippen molar-refractivity contribution in [1.82, 2.24) is 5.32 Å². The Bertz CT molecular complexity index is 63.5. The third kappa shape index (κ3) is 3.84. The smallest absolute Gasteiger partial charge is 0.104 e. The molecule has 2 N–H and O–H groups in total. The van der Waals surface area contributed by atoms with Crippen LogP contribution in [0.1, 0.15) is 12.8 Å². The molecule has 2 heteroatoms. The molecular weight excluding hydrogens is 102 g/mol. The van der Waals surface area contributed by atoms with E-state index in [9.17, 15) is 0 Å². The van der Waals surface area contributed by atoms with Gasteiger partial charge in [0.1, 0.15) is 6.23 Å². The van der Waals surface area contributed by atoms with Gasteiger partial charge >= 0.3 is 0 Å². The van der Waals surface area contributed by atoms with Crippen LogP contribution in [-0.2, 0) is 0 Å². The molecule has 0 saturated carbocycles. The quantitative estimate of drug-likeness (QED) is 0.413. The van der Waals surface area contributed by atoms with Crippen molar-refractivity contribution in [3.8, 4) is 0 Å². The minimum Gasteiger partial charge on any atom is -0.379 e. The van der Waals surface area contributed by atoms with Crippen molar-refractivity contribution >= 4 is 0 Å². The Hall–Kier alpha value is -0.340. The van der Waals surface area contributed by atoms with Crippen LogP contribution in [0.5, 0.6) is 0 Å². The van der Waals surface area contributed by atoms with E-state index >= 15 is 0 Å². The maximum absolute atomic E-state index is 8.83. The van der Waals surface area contributed by atoms with E-state index in [1.807, 2.05) is 0 Å². The molecule has 0 aliphatic rings. The third-order valence-electron chi connectivity index (χ3n) is 0.977. The number of aliphatic hydroxyl groups is 1. The highest BCUT2D eigenvalue weighted by Gasteiger charge is 1.94. The van der Waals surface area contributed by atoms with Crippen LogP contribution in [0.4, 0.5) is 0 Å².